The van der Waals surface area contributed by atoms with E-state index in [-0.39, 0.29) is 5.03 Å². The lowest BCUT2D eigenvalue weighted by Gasteiger charge is -2.30. The van der Waals surface area contributed by atoms with Crippen molar-refractivity contribution in [3.8, 4) is 0 Å². The minimum atomic E-state index is -3.22. The van der Waals surface area contributed by atoms with E-state index in [1.54, 1.807) is 12.3 Å². The number of rotatable bonds is 3. The first-order valence-corrected chi connectivity index (χ1v) is 7.86. The first-order valence-electron chi connectivity index (χ1n) is 5.97. The first kappa shape index (κ1) is 13.3. The molecule has 2 rings (SSSR count). The quantitative estimate of drug-likeness (QED) is 0.897. The maximum absolute atomic E-state index is 11.3. The van der Waals surface area contributed by atoms with Crippen molar-refractivity contribution in [1.82, 2.24) is 4.98 Å². The van der Waals surface area contributed by atoms with Gasteiger partial charge in [-0.1, -0.05) is 6.92 Å². The van der Waals surface area contributed by atoms with E-state index in [0.29, 0.717) is 12.0 Å². The maximum Gasteiger partial charge on any atom is 0.192 e. The lowest BCUT2D eigenvalue weighted by atomic mass is 9.98. The van der Waals surface area contributed by atoms with Crippen molar-refractivity contribution in [2.24, 2.45) is 5.92 Å². The Bertz CT molecular complexity index is 499. The average Bonchev–Trinajstić information content (AvgIpc) is 2.32. The van der Waals surface area contributed by atoms with Crippen molar-refractivity contribution >= 4 is 15.5 Å². The molecular weight excluding hydrogens is 252 g/mol. The van der Waals surface area contributed by atoms with Gasteiger partial charge in [-0.3, -0.25) is 0 Å². The summed E-state index contributed by atoms with van der Waals surface area (Å²) in [5.74, 6) is 0.438. The lowest BCUT2D eigenvalue weighted by Crippen LogP contribution is -2.35. The molecule has 2 heterocycles. The second-order valence-electron chi connectivity index (χ2n) is 4.75. The number of nitrogens with one attached hydrogen (secondary N) is 1. The molecule has 1 aromatic heterocycles. The van der Waals surface area contributed by atoms with Gasteiger partial charge >= 0.3 is 0 Å². The molecule has 1 aliphatic rings. The summed E-state index contributed by atoms with van der Waals surface area (Å²) in [4.78, 5) is 3.96. The number of ether oxygens (including phenoxy) is 1. The Morgan fingerprint density at radius 1 is 1.44 bits per heavy atom. The van der Waals surface area contributed by atoms with E-state index < -0.39 is 9.84 Å². The SMILES string of the molecule is CC1COCCC1Nc1ccc(S(C)(=O)=O)nc1. The summed E-state index contributed by atoms with van der Waals surface area (Å²) in [6, 6.07) is 3.64. The molecule has 0 amide bonds. The third-order valence-electron chi connectivity index (χ3n) is 3.11. The van der Waals surface area contributed by atoms with E-state index in [1.165, 1.54) is 6.07 Å². The van der Waals surface area contributed by atoms with Crippen LogP contribution in [-0.2, 0) is 14.6 Å². The van der Waals surface area contributed by atoms with E-state index in [1.807, 2.05) is 0 Å². The zero-order chi connectivity index (χ0) is 13.2. The summed E-state index contributed by atoms with van der Waals surface area (Å²) in [6.07, 6.45) is 3.68. The lowest BCUT2D eigenvalue weighted by molar-refractivity contribution is 0.0537. The summed E-state index contributed by atoms with van der Waals surface area (Å²) in [5.41, 5.74) is 0.848. The molecule has 0 radical (unpaired) electrons. The minimum absolute atomic E-state index is 0.105. The van der Waals surface area contributed by atoms with E-state index in [0.717, 1.165) is 31.6 Å². The Labute approximate surface area is 107 Å². The van der Waals surface area contributed by atoms with Gasteiger partial charge in [-0.2, -0.15) is 0 Å². The smallest absolute Gasteiger partial charge is 0.192 e. The van der Waals surface area contributed by atoms with Gasteiger partial charge in [-0.15, -0.1) is 0 Å². The third kappa shape index (κ3) is 3.20. The van der Waals surface area contributed by atoms with E-state index >= 15 is 0 Å². The van der Waals surface area contributed by atoms with E-state index in [2.05, 4.69) is 17.2 Å². The first-order chi connectivity index (χ1) is 8.47. The van der Waals surface area contributed by atoms with Crippen LogP contribution in [0.3, 0.4) is 0 Å². The van der Waals surface area contributed by atoms with Crippen LogP contribution in [-0.4, -0.2) is 38.9 Å². The van der Waals surface area contributed by atoms with E-state index in [9.17, 15) is 8.42 Å². The van der Waals surface area contributed by atoms with Crippen molar-refractivity contribution < 1.29 is 13.2 Å². The van der Waals surface area contributed by atoms with Crippen LogP contribution in [0.4, 0.5) is 5.69 Å². The highest BCUT2D eigenvalue weighted by Crippen LogP contribution is 2.19. The molecule has 0 spiro atoms. The van der Waals surface area contributed by atoms with Crippen LogP contribution in [0.15, 0.2) is 23.4 Å². The fourth-order valence-corrected chi connectivity index (χ4v) is 2.55. The summed E-state index contributed by atoms with van der Waals surface area (Å²) in [5, 5.41) is 3.48. The molecule has 1 saturated heterocycles. The Balaban J connectivity index is 2.06. The third-order valence-corrected chi connectivity index (χ3v) is 4.11. The second kappa shape index (κ2) is 5.24. The summed E-state index contributed by atoms with van der Waals surface area (Å²) < 4.78 is 28.0. The molecule has 5 nitrogen and oxygen atoms in total. The van der Waals surface area contributed by atoms with Crippen LogP contribution in [0.25, 0.3) is 0 Å². The highest BCUT2D eigenvalue weighted by atomic mass is 32.2. The average molecular weight is 270 g/mol. The molecule has 1 aromatic rings. The molecule has 0 saturated carbocycles. The van der Waals surface area contributed by atoms with Gasteiger partial charge in [0, 0.05) is 18.9 Å². The normalized spacial score (nSPS) is 24.8. The molecule has 18 heavy (non-hydrogen) atoms. The zero-order valence-electron chi connectivity index (χ0n) is 10.6. The predicted octanol–water partition coefficient (Wildman–Crippen LogP) is 1.32. The molecule has 0 bridgehead atoms. The van der Waals surface area contributed by atoms with Crippen LogP contribution in [0.5, 0.6) is 0 Å². The van der Waals surface area contributed by atoms with Crippen molar-refractivity contribution in [2.75, 3.05) is 24.8 Å². The molecule has 1 N–H and O–H groups in total. The number of hydrogen-bond acceptors (Lipinski definition) is 5. The Morgan fingerprint density at radius 3 is 2.78 bits per heavy atom. The molecule has 6 heteroatoms. The number of aromatic nitrogens is 1. The van der Waals surface area contributed by atoms with Crippen molar-refractivity contribution in [1.29, 1.82) is 0 Å². The molecule has 2 atom stereocenters. The summed E-state index contributed by atoms with van der Waals surface area (Å²) >= 11 is 0. The highest BCUT2D eigenvalue weighted by molar-refractivity contribution is 7.90. The zero-order valence-corrected chi connectivity index (χ0v) is 11.4. The van der Waals surface area contributed by atoms with Gasteiger partial charge in [0.1, 0.15) is 0 Å². The molecule has 2 unspecified atom stereocenters. The monoisotopic (exact) mass is 270 g/mol. The van der Waals surface area contributed by atoms with Crippen molar-refractivity contribution in [3.05, 3.63) is 18.3 Å². The maximum atomic E-state index is 11.3. The van der Waals surface area contributed by atoms with Gasteiger partial charge in [0.15, 0.2) is 14.9 Å². The predicted molar refractivity (Wildman–Crippen MR) is 69.4 cm³/mol. The minimum Gasteiger partial charge on any atom is -0.381 e. The van der Waals surface area contributed by atoms with Gasteiger partial charge in [0.05, 0.1) is 18.5 Å². The standard InChI is InChI=1S/C12H18N2O3S/c1-9-8-17-6-5-11(9)14-10-3-4-12(13-7-10)18(2,15)16/h3-4,7,9,11,14H,5-6,8H2,1-2H3. The number of nitrogens with zero attached hydrogens (tertiary/aromatic N) is 1. The number of anilines is 1. The van der Waals surface area contributed by atoms with Crippen LogP contribution >= 0.6 is 0 Å². The fourth-order valence-electron chi connectivity index (χ4n) is 1.99. The number of pyridine rings is 1. The van der Waals surface area contributed by atoms with Gasteiger partial charge in [-0.05, 0) is 24.5 Å². The Morgan fingerprint density at radius 2 is 2.22 bits per heavy atom. The molecular formula is C12H18N2O3S. The van der Waals surface area contributed by atoms with Crippen molar-refractivity contribution in [3.63, 3.8) is 0 Å². The second-order valence-corrected chi connectivity index (χ2v) is 6.71. The summed E-state index contributed by atoms with van der Waals surface area (Å²) in [6.45, 7) is 3.65. The Kier molecular flexibility index (Phi) is 3.87. The number of hydrogen-bond donors (Lipinski definition) is 1. The van der Waals surface area contributed by atoms with Gasteiger partial charge < -0.3 is 10.1 Å². The molecule has 0 aromatic carbocycles. The fraction of sp³-hybridized carbons (Fsp3) is 0.583. The van der Waals surface area contributed by atoms with Gasteiger partial charge in [0.2, 0.25) is 0 Å². The summed E-state index contributed by atoms with van der Waals surface area (Å²) in [7, 11) is -3.22. The largest absolute Gasteiger partial charge is 0.381 e. The van der Waals surface area contributed by atoms with Crippen LogP contribution in [0.2, 0.25) is 0 Å². The van der Waals surface area contributed by atoms with Gasteiger partial charge in [0.25, 0.3) is 0 Å². The van der Waals surface area contributed by atoms with Crippen LogP contribution in [0, 0.1) is 5.92 Å². The van der Waals surface area contributed by atoms with Crippen LogP contribution in [0.1, 0.15) is 13.3 Å². The molecule has 1 aliphatic heterocycles. The number of sulfone groups is 1. The molecule has 0 aliphatic carbocycles. The molecule has 100 valence electrons. The van der Waals surface area contributed by atoms with Crippen LogP contribution < -0.4 is 5.32 Å². The van der Waals surface area contributed by atoms with E-state index in [4.69, 9.17) is 4.74 Å². The Hall–Kier alpha value is -1.14. The van der Waals surface area contributed by atoms with Gasteiger partial charge in [-0.25, -0.2) is 13.4 Å². The molecule has 1 fully saturated rings. The topological polar surface area (TPSA) is 68.3 Å². The highest BCUT2D eigenvalue weighted by Gasteiger charge is 2.21. The van der Waals surface area contributed by atoms with Crippen molar-refractivity contribution in [2.45, 2.75) is 24.4 Å².